The van der Waals surface area contributed by atoms with Crippen molar-refractivity contribution < 1.29 is 32.3 Å². The van der Waals surface area contributed by atoms with E-state index in [4.69, 9.17) is 14.3 Å². The Balaban J connectivity index is 0.000000383. The number of nitrogens with zero attached hydrogens (tertiary/aromatic N) is 3. The van der Waals surface area contributed by atoms with Gasteiger partial charge in [0.1, 0.15) is 5.76 Å². The molecule has 2 unspecified atom stereocenters. The lowest BCUT2D eigenvalue weighted by Crippen LogP contribution is -2.39. The van der Waals surface area contributed by atoms with Gasteiger partial charge in [0.25, 0.3) is 5.89 Å². The summed E-state index contributed by atoms with van der Waals surface area (Å²) in [6, 6.07) is 10.8. The van der Waals surface area contributed by atoms with Crippen molar-refractivity contribution in [3.8, 4) is 0 Å². The van der Waals surface area contributed by atoms with Crippen LogP contribution >= 0.6 is 0 Å². The van der Waals surface area contributed by atoms with E-state index in [-0.39, 0.29) is 11.8 Å². The van der Waals surface area contributed by atoms with Crippen LogP contribution in [0.1, 0.15) is 60.4 Å². The fraction of sp³-hybridized carbons (Fsp3) is 0.522. The maximum atomic E-state index is 12.8. The number of hydrogen-bond acceptors (Lipinski definition) is 5. The molecule has 4 rings (SSSR count). The van der Waals surface area contributed by atoms with E-state index in [1.54, 1.807) is 0 Å². The van der Waals surface area contributed by atoms with E-state index < -0.39 is 12.1 Å². The van der Waals surface area contributed by atoms with Gasteiger partial charge in [0, 0.05) is 38.6 Å². The van der Waals surface area contributed by atoms with E-state index in [1.807, 2.05) is 11.0 Å². The number of fused-ring (bicyclic) bond motifs is 1. The first-order valence-corrected chi connectivity index (χ1v) is 10.9. The standard InChI is InChI=1S/C21H27N3O2.C2HF3O2/c1-15-7-6-11-24(13-15)21(25)20-22-18-14-23(12-10-19(18)26-20)16(2)17-8-4-3-5-9-17;3-2(4,5)1(6)7/h3-5,8-9,15-16H,6-7,10-14H2,1-2H3;(H,6,7). The van der Waals surface area contributed by atoms with Gasteiger partial charge in [0.15, 0.2) is 0 Å². The number of carbonyl (C=O) groups is 2. The van der Waals surface area contributed by atoms with Crippen LogP contribution in [0.5, 0.6) is 0 Å². The largest absolute Gasteiger partial charge is 0.490 e. The van der Waals surface area contributed by atoms with E-state index in [1.165, 1.54) is 12.0 Å². The van der Waals surface area contributed by atoms with E-state index in [0.717, 1.165) is 50.5 Å². The number of amides is 1. The van der Waals surface area contributed by atoms with Crippen LogP contribution in [-0.4, -0.2) is 57.6 Å². The molecule has 1 saturated heterocycles. The van der Waals surface area contributed by atoms with Crippen LogP contribution in [0.15, 0.2) is 34.7 Å². The van der Waals surface area contributed by atoms with Crippen LogP contribution in [0.4, 0.5) is 13.2 Å². The summed E-state index contributed by atoms with van der Waals surface area (Å²) in [5.41, 5.74) is 2.23. The summed E-state index contributed by atoms with van der Waals surface area (Å²) in [5, 5.41) is 7.12. The van der Waals surface area contributed by atoms with Crippen molar-refractivity contribution in [3.05, 3.63) is 53.2 Å². The zero-order valence-electron chi connectivity index (χ0n) is 18.6. The zero-order chi connectivity index (χ0) is 24.2. The third-order valence-corrected chi connectivity index (χ3v) is 5.96. The van der Waals surface area contributed by atoms with Gasteiger partial charge < -0.3 is 14.4 Å². The highest BCUT2D eigenvalue weighted by Gasteiger charge is 2.38. The van der Waals surface area contributed by atoms with Gasteiger partial charge in [0.05, 0.1) is 5.69 Å². The third kappa shape index (κ3) is 6.34. The zero-order valence-corrected chi connectivity index (χ0v) is 18.6. The molecule has 0 radical (unpaired) electrons. The highest BCUT2D eigenvalue weighted by molar-refractivity contribution is 5.89. The Hall–Kier alpha value is -2.88. The van der Waals surface area contributed by atoms with Crippen LogP contribution in [0.2, 0.25) is 0 Å². The third-order valence-electron chi connectivity index (χ3n) is 5.96. The van der Waals surface area contributed by atoms with Crippen molar-refractivity contribution in [2.45, 2.75) is 51.9 Å². The molecule has 2 aromatic rings. The van der Waals surface area contributed by atoms with Gasteiger partial charge in [-0.3, -0.25) is 9.69 Å². The number of rotatable bonds is 3. The number of halogens is 3. The van der Waals surface area contributed by atoms with Gasteiger partial charge in [-0.1, -0.05) is 37.3 Å². The number of oxazole rings is 1. The number of benzene rings is 1. The van der Waals surface area contributed by atoms with Gasteiger partial charge >= 0.3 is 18.1 Å². The van der Waals surface area contributed by atoms with Gasteiger partial charge in [-0.15, -0.1) is 0 Å². The molecule has 0 aliphatic carbocycles. The summed E-state index contributed by atoms with van der Waals surface area (Å²) in [6.45, 7) is 7.70. The number of carbonyl (C=O) groups excluding carboxylic acids is 1. The highest BCUT2D eigenvalue weighted by atomic mass is 19.4. The summed E-state index contributed by atoms with van der Waals surface area (Å²) < 4.78 is 37.6. The fourth-order valence-electron chi connectivity index (χ4n) is 4.09. The van der Waals surface area contributed by atoms with Crippen LogP contribution in [0.3, 0.4) is 0 Å². The lowest BCUT2D eigenvalue weighted by molar-refractivity contribution is -0.192. The number of carboxylic acids is 1. The second kappa shape index (κ2) is 10.4. The molecule has 2 aliphatic heterocycles. The average molecular weight is 467 g/mol. The number of alkyl halides is 3. The Morgan fingerprint density at radius 2 is 1.88 bits per heavy atom. The van der Waals surface area contributed by atoms with E-state index in [2.05, 4.69) is 48.0 Å². The molecule has 180 valence electrons. The van der Waals surface area contributed by atoms with Crippen molar-refractivity contribution in [1.29, 1.82) is 0 Å². The second-order valence-corrected chi connectivity index (χ2v) is 8.50. The maximum Gasteiger partial charge on any atom is 0.490 e. The van der Waals surface area contributed by atoms with Crippen molar-refractivity contribution in [2.24, 2.45) is 5.92 Å². The molecule has 0 bridgehead atoms. The first kappa shape index (κ1) is 24.8. The Kier molecular flexibility index (Phi) is 7.78. The Labute approximate surface area is 190 Å². The molecular formula is C23H28F3N3O4. The Bertz CT molecular complexity index is 962. The molecule has 2 atom stereocenters. The monoisotopic (exact) mass is 467 g/mol. The van der Waals surface area contributed by atoms with E-state index in [0.29, 0.717) is 12.0 Å². The summed E-state index contributed by atoms with van der Waals surface area (Å²) in [6.07, 6.45) is -2.02. The number of carboxylic acid groups (broad SMARTS) is 1. The van der Waals surface area contributed by atoms with Crippen molar-refractivity contribution >= 4 is 11.9 Å². The maximum absolute atomic E-state index is 12.8. The lowest BCUT2D eigenvalue weighted by Gasteiger charge is -2.31. The first-order valence-electron chi connectivity index (χ1n) is 10.9. The molecule has 3 heterocycles. The van der Waals surface area contributed by atoms with Crippen LogP contribution < -0.4 is 0 Å². The molecule has 0 spiro atoms. The SMILES string of the molecule is CC1CCCN(C(=O)c2nc3c(o2)CCN(C(C)c2ccccc2)C3)C1.O=C(O)C(F)(F)F. The molecule has 2 aliphatic rings. The van der Waals surface area contributed by atoms with Crippen molar-refractivity contribution in [3.63, 3.8) is 0 Å². The average Bonchev–Trinajstić information content (AvgIpc) is 3.22. The van der Waals surface area contributed by atoms with Crippen LogP contribution in [-0.2, 0) is 17.8 Å². The van der Waals surface area contributed by atoms with Crippen LogP contribution in [0, 0.1) is 5.92 Å². The summed E-state index contributed by atoms with van der Waals surface area (Å²) in [7, 11) is 0. The minimum absolute atomic E-state index is 0.0476. The van der Waals surface area contributed by atoms with E-state index in [9.17, 15) is 18.0 Å². The molecular weight excluding hydrogens is 439 g/mol. The normalized spacial score (nSPS) is 19.8. The topological polar surface area (TPSA) is 86.9 Å². The molecule has 0 saturated carbocycles. The number of hydrogen-bond donors (Lipinski definition) is 1. The van der Waals surface area contributed by atoms with Crippen molar-refractivity contribution in [2.75, 3.05) is 19.6 Å². The van der Waals surface area contributed by atoms with Gasteiger partial charge in [-0.25, -0.2) is 9.78 Å². The summed E-state index contributed by atoms with van der Waals surface area (Å²) in [4.78, 5) is 30.5. The Morgan fingerprint density at radius 1 is 1.21 bits per heavy atom. The van der Waals surface area contributed by atoms with Gasteiger partial charge in [-0.2, -0.15) is 13.2 Å². The minimum atomic E-state index is -5.08. The number of piperidine rings is 1. The number of likely N-dealkylation sites (tertiary alicyclic amines) is 1. The number of aromatic nitrogens is 1. The molecule has 1 aromatic heterocycles. The fourth-order valence-corrected chi connectivity index (χ4v) is 4.09. The van der Waals surface area contributed by atoms with Gasteiger partial charge in [-0.05, 0) is 31.2 Å². The Morgan fingerprint density at radius 3 is 2.48 bits per heavy atom. The molecule has 1 N–H and O–H groups in total. The lowest BCUT2D eigenvalue weighted by atomic mass is 10.0. The predicted molar refractivity (Wildman–Crippen MR) is 113 cm³/mol. The van der Waals surface area contributed by atoms with Crippen molar-refractivity contribution in [1.82, 2.24) is 14.8 Å². The van der Waals surface area contributed by atoms with Gasteiger partial charge in [0.2, 0.25) is 0 Å². The smallest absolute Gasteiger partial charge is 0.475 e. The first-order chi connectivity index (χ1) is 15.6. The number of aliphatic carboxylic acids is 1. The summed E-state index contributed by atoms with van der Waals surface area (Å²) in [5.74, 6) is -1.09. The molecule has 7 nitrogen and oxygen atoms in total. The minimum Gasteiger partial charge on any atom is -0.475 e. The second-order valence-electron chi connectivity index (χ2n) is 8.50. The van der Waals surface area contributed by atoms with E-state index >= 15 is 0 Å². The molecule has 10 heteroatoms. The molecule has 1 aromatic carbocycles. The van der Waals surface area contributed by atoms with Crippen LogP contribution in [0.25, 0.3) is 0 Å². The highest BCUT2D eigenvalue weighted by Crippen LogP contribution is 2.28. The predicted octanol–water partition coefficient (Wildman–Crippen LogP) is 4.30. The molecule has 1 amide bonds. The molecule has 1 fully saturated rings. The molecule has 33 heavy (non-hydrogen) atoms. The quantitative estimate of drug-likeness (QED) is 0.724. The summed E-state index contributed by atoms with van der Waals surface area (Å²) >= 11 is 0.